The summed E-state index contributed by atoms with van der Waals surface area (Å²) in [7, 11) is 0. The zero-order valence-corrected chi connectivity index (χ0v) is 15.7. The molecule has 0 aromatic heterocycles. The first-order valence-electron chi connectivity index (χ1n) is 9.14. The van der Waals surface area contributed by atoms with Crippen LogP contribution in [0.5, 0.6) is 0 Å². The van der Waals surface area contributed by atoms with Crippen molar-refractivity contribution < 1.29 is 14.0 Å². The number of para-hydroxylation sites is 2. The molecule has 2 amide bonds. The van der Waals surface area contributed by atoms with Crippen LogP contribution in [0.1, 0.15) is 18.4 Å². The monoisotopic (exact) mass is 389 g/mol. The van der Waals surface area contributed by atoms with Crippen molar-refractivity contribution in [2.24, 2.45) is 5.10 Å². The molecule has 0 radical (unpaired) electrons. The molecular formula is C23H20FN3O2. The Bertz CT molecular complexity index is 952. The molecule has 0 aliphatic rings. The molecule has 0 spiro atoms. The van der Waals surface area contributed by atoms with Gasteiger partial charge in [0.1, 0.15) is 5.82 Å². The molecule has 3 aromatic carbocycles. The maximum Gasteiger partial charge on any atom is 0.240 e. The Morgan fingerprint density at radius 1 is 0.862 bits per heavy atom. The van der Waals surface area contributed by atoms with Crippen LogP contribution in [0.15, 0.2) is 90.0 Å². The van der Waals surface area contributed by atoms with E-state index in [1.807, 2.05) is 60.7 Å². The van der Waals surface area contributed by atoms with E-state index in [1.165, 1.54) is 18.3 Å². The van der Waals surface area contributed by atoms with Gasteiger partial charge in [0.15, 0.2) is 0 Å². The SMILES string of the molecule is O=C(CCC(=O)N(c1ccccc1)c1ccccc1)N/N=C/c1cccc(F)c1. The summed E-state index contributed by atoms with van der Waals surface area (Å²) < 4.78 is 13.1. The lowest BCUT2D eigenvalue weighted by Crippen LogP contribution is -2.27. The van der Waals surface area contributed by atoms with Crippen LogP contribution in [0.2, 0.25) is 0 Å². The minimum atomic E-state index is -0.396. The van der Waals surface area contributed by atoms with E-state index < -0.39 is 5.91 Å². The molecule has 0 fully saturated rings. The van der Waals surface area contributed by atoms with E-state index in [-0.39, 0.29) is 24.6 Å². The highest BCUT2D eigenvalue weighted by Gasteiger charge is 2.18. The van der Waals surface area contributed by atoms with E-state index in [0.717, 1.165) is 11.4 Å². The lowest BCUT2D eigenvalue weighted by molar-refractivity contribution is -0.124. The van der Waals surface area contributed by atoms with Gasteiger partial charge in [-0.3, -0.25) is 14.5 Å². The summed E-state index contributed by atoms with van der Waals surface area (Å²) in [5.74, 6) is -0.980. The molecule has 0 unspecified atom stereocenters. The average molecular weight is 389 g/mol. The number of rotatable bonds is 7. The lowest BCUT2D eigenvalue weighted by Gasteiger charge is -2.23. The fraction of sp³-hybridized carbons (Fsp3) is 0.0870. The smallest absolute Gasteiger partial charge is 0.240 e. The molecule has 0 saturated carbocycles. The molecule has 3 rings (SSSR count). The average Bonchev–Trinajstić information content (AvgIpc) is 2.74. The maximum absolute atomic E-state index is 13.1. The van der Waals surface area contributed by atoms with Crippen molar-refractivity contribution in [1.82, 2.24) is 5.43 Å². The standard InChI is InChI=1S/C23H20FN3O2/c24-19-9-7-8-18(16-19)17-25-26-22(28)14-15-23(29)27(20-10-3-1-4-11-20)21-12-5-2-6-13-21/h1-13,16-17H,14-15H2,(H,26,28)/b25-17+. The second kappa shape index (κ2) is 9.94. The second-order valence-corrected chi connectivity index (χ2v) is 6.25. The van der Waals surface area contributed by atoms with Crippen molar-refractivity contribution in [3.05, 3.63) is 96.3 Å². The molecule has 1 N–H and O–H groups in total. The molecule has 0 heterocycles. The molecule has 146 valence electrons. The number of hydrogen-bond acceptors (Lipinski definition) is 3. The van der Waals surface area contributed by atoms with Gasteiger partial charge in [-0.05, 0) is 42.0 Å². The van der Waals surface area contributed by atoms with E-state index in [1.54, 1.807) is 17.0 Å². The van der Waals surface area contributed by atoms with E-state index >= 15 is 0 Å². The van der Waals surface area contributed by atoms with Crippen molar-refractivity contribution >= 4 is 29.4 Å². The van der Waals surface area contributed by atoms with Gasteiger partial charge in [-0.2, -0.15) is 5.10 Å². The number of carbonyl (C=O) groups is 2. The molecule has 0 saturated heterocycles. The van der Waals surface area contributed by atoms with Crippen LogP contribution >= 0.6 is 0 Å². The van der Waals surface area contributed by atoms with Crippen molar-refractivity contribution in [2.75, 3.05) is 4.90 Å². The summed E-state index contributed by atoms with van der Waals surface area (Å²) in [6.45, 7) is 0. The number of halogens is 1. The van der Waals surface area contributed by atoms with E-state index in [9.17, 15) is 14.0 Å². The van der Waals surface area contributed by atoms with Gasteiger partial charge in [0.05, 0.1) is 6.21 Å². The maximum atomic E-state index is 13.1. The Labute approximate surface area is 168 Å². The molecule has 0 bridgehead atoms. The minimum absolute atomic E-state index is 0.0184. The molecule has 6 heteroatoms. The van der Waals surface area contributed by atoms with Crippen molar-refractivity contribution in [1.29, 1.82) is 0 Å². The first kappa shape index (κ1) is 19.9. The quantitative estimate of drug-likeness (QED) is 0.480. The van der Waals surface area contributed by atoms with Gasteiger partial charge in [-0.1, -0.05) is 48.5 Å². The lowest BCUT2D eigenvalue weighted by atomic mass is 10.2. The molecule has 29 heavy (non-hydrogen) atoms. The third-order valence-electron chi connectivity index (χ3n) is 4.10. The normalized spacial score (nSPS) is 10.7. The molecule has 0 aliphatic carbocycles. The van der Waals surface area contributed by atoms with Crippen molar-refractivity contribution in [3.63, 3.8) is 0 Å². The second-order valence-electron chi connectivity index (χ2n) is 6.25. The van der Waals surface area contributed by atoms with Crippen LogP contribution in [0.4, 0.5) is 15.8 Å². The summed E-state index contributed by atoms with van der Waals surface area (Å²) >= 11 is 0. The highest BCUT2D eigenvalue weighted by molar-refractivity contribution is 6.01. The van der Waals surface area contributed by atoms with Gasteiger partial charge in [0, 0.05) is 24.2 Å². The Hall–Kier alpha value is -3.80. The summed E-state index contributed by atoms with van der Waals surface area (Å²) in [5, 5.41) is 3.81. The van der Waals surface area contributed by atoms with Gasteiger partial charge in [0.25, 0.3) is 0 Å². The molecular weight excluding hydrogens is 369 g/mol. The minimum Gasteiger partial charge on any atom is -0.281 e. The number of nitrogens with one attached hydrogen (secondary N) is 1. The van der Waals surface area contributed by atoms with Crippen LogP contribution < -0.4 is 10.3 Å². The number of nitrogens with zero attached hydrogens (tertiary/aromatic N) is 2. The van der Waals surface area contributed by atoms with Crippen LogP contribution in [0, 0.1) is 5.82 Å². The molecule has 0 atom stereocenters. The molecule has 3 aromatic rings. The topological polar surface area (TPSA) is 61.8 Å². The van der Waals surface area contributed by atoms with Crippen LogP contribution in [0.3, 0.4) is 0 Å². The molecule has 0 aliphatic heterocycles. The summed E-state index contributed by atoms with van der Waals surface area (Å²) in [6, 6.07) is 24.4. The van der Waals surface area contributed by atoms with Gasteiger partial charge < -0.3 is 0 Å². The largest absolute Gasteiger partial charge is 0.281 e. The number of carbonyl (C=O) groups excluding carboxylic acids is 2. The predicted molar refractivity (Wildman–Crippen MR) is 111 cm³/mol. The summed E-state index contributed by atoms with van der Waals surface area (Å²) in [5.41, 5.74) is 4.35. The van der Waals surface area contributed by atoms with Crippen LogP contribution in [-0.4, -0.2) is 18.0 Å². The van der Waals surface area contributed by atoms with Gasteiger partial charge in [-0.15, -0.1) is 0 Å². The number of amides is 2. The van der Waals surface area contributed by atoms with Gasteiger partial charge >= 0.3 is 0 Å². The number of hydrazone groups is 1. The van der Waals surface area contributed by atoms with E-state index in [2.05, 4.69) is 10.5 Å². The Balaban J connectivity index is 1.60. The number of anilines is 2. The third kappa shape index (κ3) is 5.84. The Kier molecular flexibility index (Phi) is 6.84. The van der Waals surface area contributed by atoms with Gasteiger partial charge in [0.2, 0.25) is 11.8 Å². The van der Waals surface area contributed by atoms with Gasteiger partial charge in [-0.25, -0.2) is 9.82 Å². The highest BCUT2D eigenvalue weighted by Crippen LogP contribution is 2.26. The van der Waals surface area contributed by atoms with Crippen LogP contribution in [0.25, 0.3) is 0 Å². The number of hydrogen-bond donors (Lipinski definition) is 1. The van der Waals surface area contributed by atoms with Crippen LogP contribution in [-0.2, 0) is 9.59 Å². The first-order valence-corrected chi connectivity index (χ1v) is 9.14. The fourth-order valence-corrected chi connectivity index (χ4v) is 2.75. The number of benzene rings is 3. The van der Waals surface area contributed by atoms with Crippen molar-refractivity contribution in [2.45, 2.75) is 12.8 Å². The predicted octanol–water partition coefficient (Wildman–Crippen LogP) is 4.42. The third-order valence-corrected chi connectivity index (χ3v) is 4.10. The zero-order valence-electron chi connectivity index (χ0n) is 15.7. The fourth-order valence-electron chi connectivity index (χ4n) is 2.75. The zero-order chi connectivity index (χ0) is 20.5. The Morgan fingerprint density at radius 2 is 1.48 bits per heavy atom. The summed E-state index contributed by atoms with van der Waals surface area (Å²) in [4.78, 5) is 26.5. The van der Waals surface area contributed by atoms with E-state index in [0.29, 0.717) is 5.56 Å². The highest BCUT2D eigenvalue weighted by atomic mass is 19.1. The Morgan fingerprint density at radius 3 is 2.07 bits per heavy atom. The van der Waals surface area contributed by atoms with Crippen molar-refractivity contribution in [3.8, 4) is 0 Å². The summed E-state index contributed by atoms with van der Waals surface area (Å²) in [6.07, 6.45) is 1.35. The first-order chi connectivity index (χ1) is 14.1. The van der Waals surface area contributed by atoms with E-state index in [4.69, 9.17) is 0 Å². The molecule has 5 nitrogen and oxygen atoms in total.